The zero-order chi connectivity index (χ0) is 18.0. The molecule has 2 aliphatic rings. The minimum Gasteiger partial charge on any atom is -0.351 e. The molecule has 0 aromatic heterocycles. The van der Waals surface area contributed by atoms with Gasteiger partial charge in [0, 0.05) is 25.6 Å². The number of nitro groups is 1. The highest BCUT2D eigenvalue weighted by atomic mass is 32.2. The number of aliphatic imine (C=N–C) groups is 1. The summed E-state index contributed by atoms with van der Waals surface area (Å²) in [5.74, 6) is -0.754. The molecule has 1 aromatic rings. The number of benzene rings is 1. The zero-order valence-corrected chi connectivity index (χ0v) is 14.5. The topological polar surface area (TPSA) is 105 Å². The SMILES string of the molecule is Cc1ccc(NC(=O)C[C@H]2SC(N3CCCC3)=NC2=O)c([N+](=O)[O-])c1. The van der Waals surface area contributed by atoms with Crippen molar-refractivity contribution in [1.29, 1.82) is 0 Å². The molecular formula is C16H18N4O4S. The highest BCUT2D eigenvalue weighted by Gasteiger charge is 2.34. The van der Waals surface area contributed by atoms with Crippen LogP contribution in [0.3, 0.4) is 0 Å². The van der Waals surface area contributed by atoms with Gasteiger partial charge in [-0.2, -0.15) is 4.99 Å². The lowest BCUT2D eigenvalue weighted by atomic mass is 10.2. The molecule has 132 valence electrons. The van der Waals surface area contributed by atoms with Crippen LogP contribution in [0.25, 0.3) is 0 Å². The van der Waals surface area contributed by atoms with E-state index in [4.69, 9.17) is 0 Å². The molecule has 0 aliphatic carbocycles. The summed E-state index contributed by atoms with van der Waals surface area (Å²) in [6, 6.07) is 4.59. The Hall–Kier alpha value is -2.42. The molecule has 1 fully saturated rings. The Kier molecular flexibility index (Phi) is 5.03. The van der Waals surface area contributed by atoms with Gasteiger partial charge in [0.05, 0.1) is 4.92 Å². The summed E-state index contributed by atoms with van der Waals surface area (Å²) in [5, 5.41) is 13.8. The standard InChI is InChI=1S/C16H18N4O4S/c1-10-4-5-11(12(8-10)20(23)24)17-14(21)9-13-15(22)18-16(25-13)19-6-2-3-7-19/h4-5,8,13H,2-3,6-7,9H2,1H3,(H,17,21)/t13-/m1/s1. The number of amidine groups is 1. The van der Waals surface area contributed by atoms with E-state index in [1.54, 1.807) is 13.0 Å². The molecule has 1 aromatic carbocycles. The van der Waals surface area contributed by atoms with Crippen molar-refractivity contribution in [2.75, 3.05) is 18.4 Å². The number of nitro benzene ring substituents is 1. The number of hydrogen-bond donors (Lipinski definition) is 1. The van der Waals surface area contributed by atoms with Crippen LogP contribution in [0.15, 0.2) is 23.2 Å². The predicted octanol–water partition coefficient (Wildman–Crippen LogP) is 2.33. The van der Waals surface area contributed by atoms with Crippen molar-refractivity contribution in [2.45, 2.75) is 31.4 Å². The Bertz CT molecular complexity index is 759. The maximum Gasteiger partial charge on any atom is 0.293 e. The molecule has 25 heavy (non-hydrogen) atoms. The first-order valence-corrected chi connectivity index (χ1v) is 8.91. The molecule has 3 rings (SSSR count). The van der Waals surface area contributed by atoms with Crippen molar-refractivity contribution in [3.8, 4) is 0 Å². The van der Waals surface area contributed by atoms with E-state index in [-0.39, 0.29) is 23.7 Å². The largest absolute Gasteiger partial charge is 0.351 e. The van der Waals surface area contributed by atoms with E-state index in [0.29, 0.717) is 5.17 Å². The molecule has 1 saturated heterocycles. The van der Waals surface area contributed by atoms with Gasteiger partial charge < -0.3 is 10.2 Å². The number of likely N-dealkylation sites (tertiary alicyclic amines) is 1. The minimum absolute atomic E-state index is 0.0601. The first kappa shape index (κ1) is 17.4. The number of hydrogen-bond acceptors (Lipinski definition) is 6. The monoisotopic (exact) mass is 362 g/mol. The zero-order valence-electron chi connectivity index (χ0n) is 13.7. The molecule has 2 heterocycles. The van der Waals surface area contributed by atoms with E-state index in [2.05, 4.69) is 15.2 Å². The van der Waals surface area contributed by atoms with E-state index in [1.165, 1.54) is 23.9 Å². The number of amides is 2. The van der Waals surface area contributed by atoms with Crippen LogP contribution in [0.1, 0.15) is 24.8 Å². The van der Waals surface area contributed by atoms with Crippen molar-refractivity contribution < 1.29 is 14.5 Å². The number of anilines is 1. The van der Waals surface area contributed by atoms with Gasteiger partial charge in [0.15, 0.2) is 5.17 Å². The van der Waals surface area contributed by atoms with Crippen molar-refractivity contribution >= 4 is 40.1 Å². The predicted molar refractivity (Wildman–Crippen MR) is 95.7 cm³/mol. The second-order valence-corrected chi connectivity index (χ2v) is 7.23. The average molecular weight is 362 g/mol. The van der Waals surface area contributed by atoms with Gasteiger partial charge in [0.1, 0.15) is 10.9 Å². The number of thioether (sulfide) groups is 1. The van der Waals surface area contributed by atoms with E-state index < -0.39 is 16.1 Å². The molecule has 2 amide bonds. The van der Waals surface area contributed by atoms with Crippen LogP contribution >= 0.6 is 11.8 Å². The highest BCUT2D eigenvalue weighted by molar-refractivity contribution is 8.15. The third kappa shape index (κ3) is 3.98. The Labute approximate surface area is 148 Å². The van der Waals surface area contributed by atoms with Crippen LogP contribution in [0.5, 0.6) is 0 Å². The Morgan fingerprint density at radius 3 is 2.84 bits per heavy atom. The smallest absolute Gasteiger partial charge is 0.293 e. The summed E-state index contributed by atoms with van der Waals surface area (Å²) in [6.07, 6.45) is 2.10. The van der Waals surface area contributed by atoms with Gasteiger partial charge in [-0.15, -0.1) is 0 Å². The highest BCUT2D eigenvalue weighted by Crippen LogP contribution is 2.30. The van der Waals surface area contributed by atoms with Crippen molar-refractivity contribution in [3.05, 3.63) is 33.9 Å². The fourth-order valence-electron chi connectivity index (χ4n) is 2.82. The molecule has 0 bridgehead atoms. The second kappa shape index (κ2) is 7.22. The van der Waals surface area contributed by atoms with Crippen molar-refractivity contribution in [1.82, 2.24) is 4.90 Å². The van der Waals surface area contributed by atoms with Crippen molar-refractivity contribution in [2.24, 2.45) is 4.99 Å². The molecule has 9 heteroatoms. The summed E-state index contributed by atoms with van der Waals surface area (Å²) in [4.78, 5) is 41.0. The lowest BCUT2D eigenvalue weighted by Crippen LogP contribution is -2.25. The first-order valence-electron chi connectivity index (χ1n) is 8.03. The lowest BCUT2D eigenvalue weighted by molar-refractivity contribution is -0.384. The summed E-state index contributed by atoms with van der Waals surface area (Å²) in [5.41, 5.74) is 0.708. The van der Waals surface area contributed by atoms with Gasteiger partial charge in [-0.25, -0.2) is 0 Å². The van der Waals surface area contributed by atoms with Crippen LogP contribution in [-0.2, 0) is 9.59 Å². The molecule has 1 N–H and O–H groups in total. The van der Waals surface area contributed by atoms with Crippen molar-refractivity contribution in [3.63, 3.8) is 0 Å². The summed E-state index contributed by atoms with van der Waals surface area (Å²) in [6.45, 7) is 3.50. The number of rotatable bonds is 4. The van der Waals surface area contributed by atoms with Gasteiger partial charge in [-0.05, 0) is 31.4 Å². The van der Waals surface area contributed by atoms with Crippen LogP contribution in [0.4, 0.5) is 11.4 Å². The second-order valence-electron chi connectivity index (χ2n) is 6.06. The Morgan fingerprint density at radius 2 is 2.16 bits per heavy atom. The quantitative estimate of drug-likeness (QED) is 0.651. The fraction of sp³-hybridized carbons (Fsp3) is 0.438. The van der Waals surface area contributed by atoms with Gasteiger partial charge >= 0.3 is 0 Å². The minimum atomic E-state index is -0.569. The molecular weight excluding hydrogens is 344 g/mol. The third-order valence-electron chi connectivity index (χ3n) is 4.10. The molecule has 1 atom stereocenters. The van der Waals surface area contributed by atoms with E-state index in [1.807, 2.05) is 0 Å². The first-order chi connectivity index (χ1) is 11.9. The lowest BCUT2D eigenvalue weighted by Gasteiger charge is -2.16. The number of carbonyl (C=O) groups is 2. The van der Waals surface area contributed by atoms with E-state index in [0.717, 1.165) is 31.5 Å². The normalized spacial score (nSPS) is 19.9. The maximum absolute atomic E-state index is 12.2. The molecule has 0 unspecified atom stereocenters. The summed E-state index contributed by atoms with van der Waals surface area (Å²) in [7, 11) is 0. The molecule has 2 aliphatic heterocycles. The summed E-state index contributed by atoms with van der Waals surface area (Å²) >= 11 is 1.30. The Morgan fingerprint density at radius 1 is 1.44 bits per heavy atom. The molecule has 0 spiro atoms. The Balaban J connectivity index is 1.62. The number of carbonyl (C=O) groups excluding carboxylic acids is 2. The van der Waals surface area contributed by atoms with Gasteiger partial charge in [-0.1, -0.05) is 17.8 Å². The summed E-state index contributed by atoms with van der Waals surface area (Å²) < 4.78 is 0. The number of nitrogens with one attached hydrogen (secondary N) is 1. The number of aryl methyl sites for hydroxylation is 1. The van der Waals surface area contributed by atoms with Gasteiger partial charge in [0.2, 0.25) is 5.91 Å². The molecule has 8 nitrogen and oxygen atoms in total. The molecule has 0 radical (unpaired) electrons. The number of nitrogens with zero attached hydrogens (tertiary/aromatic N) is 3. The van der Waals surface area contributed by atoms with E-state index >= 15 is 0 Å². The maximum atomic E-state index is 12.2. The van der Waals surface area contributed by atoms with Crippen LogP contribution < -0.4 is 5.32 Å². The van der Waals surface area contributed by atoms with Gasteiger partial charge in [0.25, 0.3) is 11.6 Å². The van der Waals surface area contributed by atoms with Crippen LogP contribution in [0, 0.1) is 17.0 Å². The molecule has 0 saturated carbocycles. The van der Waals surface area contributed by atoms with Crippen LogP contribution in [-0.4, -0.2) is 45.1 Å². The third-order valence-corrected chi connectivity index (χ3v) is 5.31. The van der Waals surface area contributed by atoms with Crippen LogP contribution in [0.2, 0.25) is 0 Å². The van der Waals surface area contributed by atoms with E-state index in [9.17, 15) is 19.7 Å². The average Bonchev–Trinajstić information content (AvgIpc) is 3.19. The fourth-order valence-corrected chi connectivity index (χ4v) is 3.94. The van der Waals surface area contributed by atoms with Gasteiger partial charge in [-0.3, -0.25) is 19.7 Å².